The highest BCUT2D eigenvalue weighted by Crippen LogP contribution is 2.27. The molecule has 0 amide bonds. The normalized spacial score (nSPS) is 19.4. The van der Waals surface area contributed by atoms with E-state index in [4.69, 9.17) is 0 Å². The minimum atomic E-state index is 0.617. The van der Waals surface area contributed by atoms with Gasteiger partial charge >= 0.3 is 0 Å². The Balaban J connectivity index is 2.26. The van der Waals surface area contributed by atoms with Crippen molar-refractivity contribution in [2.45, 2.75) is 38.6 Å². The summed E-state index contributed by atoms with van der Waals surface area (Å²) in [6.07, 6.45) is 6.32. The van der Waals surface area contributed by atoms with Gasteiger partial charge in [-0.25, -0.2) is 9.97 Å². The molecule has 1 saturated heterocycles. The summed E-state index contributed by atoms with van der Waals surface area (Å²) in [7, 11) is 6.27. The van der Waals surface area contributed by atoms with Crippen molar-refractivity contribution in [2.75, 3.05) is 44.4 Å². The third kappa shape index (κ3) is 3.20. The molecule has 1 atom stereocenters. The zero-order valence-corrected chi connectivity index (χ0v) is 13.2. The molecule has 0 bridgehead atoms. The lowest BCUT2D eigenvalue weighted by Crippen LogP contribution is -2.45. The van der Waals surface area contributed by atoms with Gasteiger partial charge in [0.25, 0.3) is 0 Å². The van der Waals surface area contributed by atoms with Crippen LogP contribution in [0.15, 0.2) is 6.33 Å². The molecular weight excluding hydrogens is 250 g/mol. The fraction of sp³-hybridized carbons (Fsp3) is 0.733. The maximum absolute atomic E-state index is 4.58. The van der Waals surface area contributed by atoms with E-state index in [1.54, 1.807) is 6.33 Å². The number of hydrogen-bond acceptors (Lipinski definition) is 5. The third-order valence-electron chi connectivity index (χ3n) is 4.09. The zero-order chi connectivity index (χ0) is 14.5. The average Bonchev–Trinajstić information content (AvgIpc) is 2.48. The molecule has 1 unspecified atom stereocenters. The van der Waals surface area contributed by atoms with E-state index in [0.717, 1.165) is 37.6 Å². The Labute approximate surface area is 122 Å². The van der Waals surface area contributed by atoms with Crippen LogP contribution in [0.4, 0.5) is 11.6 Å². The molecule has 5 heteroatoms. The number of nitrogens with one attached hydrogen (secondary N) is 1. The first-order chi connectivity index (χ1) is 9.67. The molecule has 112 valence electrons. The van der Waals surface area contributed by atoms with E-state index in [2.05, 4.69) is 46.1 Å². The van der Waals surface area contributed by atoms with E-state index in [1.165, 1.54) is 18.4 Å². The first-order valence-corrected chi connectivity index (χ1v) is 7.60. The summed E-state index contributed by atoms with van der Waals surface area (Å²) in [6, 6.07) is 0.617. The maximum Gasteiger partial charge on any atom is 0.137 e. The van der Waals surface area contributed by atoms with Gasteiger partial charge in [-0.15, -0.1) is 0 Å². The van der Waals surface area contributed by atoms with E-state index in [0.29, 0.717) is 6.04 Å². The molecule has 5 nitrogen and oxygen atoms in total. The molecule has 0 aromatic carbocycles. The van der Waals surface area contributed by atoms with Crippen LogP contribution in [0, 0.1) is 0 Å². The quantitative estimate of drug-likeness (QED) is 0.892. The molecule has 0 radical (unpaired) electrons. The van der Waals surface area contributed by atoms with Gasteiger partial charge in [0.2, 0.25) is 0 Å². The number of hydrogen-bond donors (Lipinski definition) is 1. The van der Waals surface area contributed by atoms with E-state index in [1.807, 2.05) is 7.05 Å². The number of likely N-dealkylation sites (N-methyl/N-ethyl adjacent to an activating group) is 1. The summed E-state index contributed by atoms with van der Waals surface area (Å²) in [5, 5.41) is 3.21. The van der Waals surface area contributed by atoms with Gasteiger partial charge in [-0.2, -0.15) is 0 Å². The topological polar surface area (TPSA) is 44.3 Å². The number of aromatic nitrogens is 2. The Bertz CT molecular complexity index is 432. The monoisotopic (exact) mass is 277 g/mol. The van der Waals surface area contributed by atoms with Crippen molar-refractivity contribution in [3.05, 3.63) is 11.9 Å². The standard InChI is InChI=1S/C15H27N5/c1-5-7-13-14(16-2)17-11-18-15(13)20-9-6-8-12(10-20)19(3)4/h11-12H,5-10H2,1-4H3,(H,16,17,18). The minimum absolute atomic E-state index is 0.617. The van der Waals surface area contributed by atoms with E-state index in [-0.39, 0.29) is 0 Å². The summed E-state index contributed by atoms with van der Waals surface area (Å²) in [4.78, 5) is 13.7. The fourth-order valence-electron chi connectivity index (χ4n) is 2.94. The largest absolute Gasteiger partial charge is 0.373 e. The molecular formula is C15H27N5. The van der Waals surface area contributed by atoms with Crippen LogP contribution in [0.1, 0.15) is 31.7 Å². The van der Waals surface area contributed by atoms with Gasteiger partial charge in [0.05, 0.1) is 0 Å². The Morgan fingerprint density at radius 2 is 2.20 bits per heavy atom. The van der Waals surface area contributed by atoms with Crippen LogP contribution < -0.4 is 10.2 Å². The summed E-state index contributed by atoms with van der Waals surface area (Å²) < 4.78 is 0. The maximum atomic E-state index is 4.58. The lowest BCUT2D eigenvalue weighted by Gasteiger charge is -2.37. The van der Waals surface area contributed by atoms with Gasteiger partial charge < -0.3 is 15.1 Å². The molecule has 1 aliphatic rings. The Hall–Kier alpha value is -1.36. The van der Waals surface area contributed by atoms with Crippen molar-refractivity contribution in [3.63, 3.8) is 0 Å². The fourth-order valence-corrected chi connectivity index (χ4v) is 2.94. The number of anilines is 2. The smallest absolute Gasteiger partial charge is 0.137 e. The lowest BCUT2D eigenvalue weighted by molar-refractivity contribution is 0.257. The van der Waals surface area contributed by atoms with Gasteiger partial charge in [0.15, 0.2) is 0 Å². The van der Waals surface area contributed by atoms with Crippen molar-refractivity contribution in [3.8, 4) is 0 Å². The van der Waals surface area contributed by atoms with Crippen LogP contribution in [-0.2, 0) is 6.42 Å². The van der Waals surface area contributed by atoms with Crippen molar-refractivity contribution in [1.82, 2.24) is 14.9 Å². The van der Waals surface area contributed by atoms with Gasteiger partial charge in [-0.3, -0.25) is 0 Å². The molecule has 20 heavy (non-hydrogen) atoms. The molecule has 2 heterocycles. The molecule has 0 aliphatic carbocycles. The lowest BCUT2D eigenvalue weighted by atomic mass is 10.0. The highest BCUT2D eigenvalue weighted by Gasteiger charge is 2.24. The van der Waals surface area contributed by atoms with Crippen LogP contribution in [0.5, 0.6) is 0 Å². The van der Waals surface area contributed by atoms with E-state index >= 15 is 0 Å². The van der Waals surface area contributed by atoms with Crippen molar-refractivity contribution in [1.29, 1.82) is 0 Å². The summed E-state index contributed by atoms with van der Waals surface area (Å²) in [5.41, 5.74) is 1.26. The first kappa shape index (κ1) is 15.0. The van der Waals surface area contributed by atoms with Crippen LogP contribution in [0.2, 0.25) is 0 Å². The molecule has 1 aromatic heterocycles. The predicted octanol–water partition coefficient (Wildman–Crippen LogP) is 2.00. The molecule has 1 aliphatic heterocycles. The van der Waals surface area contributed by atoms with Gasteiger partial charge in [0.1, 0.15) is 18.0 Å². The molecule has 1 aromatic rings. The van der Waals surface area contributed by atoms with Crippen molar-refractivity contribution in [2.24, 2.45) is 0 Å². The van der Waals surface area contributed by atoms with Gasteiger partial charge in [-0.05, 0) is 33.4 Å². The van der Waals surface area contributed by atoms with Gasteiger partial charge in [-0.1, -0.05) is 13.3 Å². The molecule has 0 saturated carbocycles. The van der Waals surface area contributed by atoms with E-state index < -0.39 is 0 Å². The van der Waals surface area contributed by atoms with Gasteiger partial charge in [0, 0.05) is 31.7 Å². The summed E-state index contributed by atoms with van der Waals surface area (Å²) in [6.45, 7) is 4.36. The summed E-state index contributed by atoms with van der Waals surface area (Å²) in [5.74, 6) is 2.10. The number of nitrogens with zero attached hydrogens (tertiary/aromatic N) is 4. The number of rotatable bonds is 5. The Kier molecular flexibility index (Phi) is 5.17. The highest BCUT2D eigenvalue weighted by atomic mass is 15.2. The average molecular weight is 277 g/mol. The predicted molar refractivity (Wildman–Crippen MR) is 84.5 cm³/mol. The Morgan fingerprint density at radius 1 is 1.40 bits per heavy atom. The van der Waals surface area contributed by atoms with Crippen molar-refractivity contribution < 1.29 is 0 Å². The summed E-state index contributed by atoms with van der Waals surface area (Å²) >= 11 is 0. The van der Waals surface area contributed by atoms with Crippen LogP contribution in [-0.4, -0.2) is 55.1 Å². The zero-order valence-electron chi connectivity index (χ0n) is 13.2. The number of piperidine rings is 1. The van der Waals surface area contributed by atoms with Crippen LogP contribution >= 0.6 is 0 Å². The minimum Gasteiger partial charge on any atom is -0.373 e. The second-order valence-electron chi connectivity index (χ2n) is 5.73. The second kappa shape index (κ2) is 6.88. The third-order valence-corrected chi connectivity index (χ3v) is 4.09. The van der Waals surface area contributed by atoms with Crippen LogP contribution in [0.25, 0.3) is 0 Å². The second-order valence-corrected chi connectivity index (χ2v) is 5.73. The van der Waals surface area contributed by atoms with Crippen molar-refractivity contribution >= 4 is 11.6 Å². The highest BCUT2D eigenvalue weighted by molar-refractivity contribution is 5.59. The molecule has 0 spiro atoms. The first-order valence-electron chi connectivity index (χ1n) is 7.60. The molecule has 2 rings (SSSR count). The van der Waals surface area contributed by atoms with E-state index in [9.17, 15) is 0 Å². The molecule has 1 N–H and O–H groups in total. The Morgan fingerprint density at radius 3 is 2.85 bits per heavy atom. The van der Waals surface area contributed by atoms with Crippen LogP contribution in [0.3, 0.4) is 0 Å². The molecule has 1 fully saturated rings. The SMILES string of the molecule is CCCc1c(NC)ncnc1N1CCCC(N(C)C)C1.